The number of hydrogen-bond acceptors (Lipinski definition) is 5. The molecule has 0 aliphatic rings. The summed E-state index contributed by atoms with van der Waals surface area (Å²) < 4.78 is 6.70. The first-order valence-corrected chi connectivity index (χ1v) is 6.96. The maximum absolute atomic E-state index is 11.3. The highest BCUT2D eigenvalue weighted by atomic mass is 32.1. The SMILES string of the molecule is COc1cccc(-n2nnc(C(=O)O)c2-c2cccs2)c1. The normalized spacial score (nSPS) is 10.5. The molecule has 0 fully saturated rings. The van der Waals surface area contributed by atoms with Crippen molar-refractivity contribution in [2.24, 2.45) is 0 Å². The van der Waals surface area contributed by atoms with E-state index in [2.05, 4.69) is 10.3 Å². The van der Waals surface area contributed by atoms with E-state index in [0.717, 1.165) is 4.88 Å². The Hall–Kier alpha value is -2.67. The van der Waals surface area contributed by atoms with Crippen LogP contribution in [0.1, 0.15) is 10.5 Å². The molecule has 1 N–H and O–H groups in total. The molecule has 0 bridgehead atoms. The van der Waals surface area contributed by atoms with Gasteiger partial charge in [0.1, 0.15) is 11.4 Å². The number of ether oxygens (including phenoxy) is 1. The fourth-order valence-corrected chi connectivity index (χ4v) is 2.74. The molecule has 3 rings (SSSR count). The molecular formula is C14H11N3O3S. The van der Waals surface area contributed by atoms with Crippen molar-refractivity contribution in [1.29, 1.82) is 0 Å². The fraction of sp³-hybridized carbons (Fsp3) is 0.0714. The lowest BCUT2D eigenvalue weighted by Gasteiger charge is -2.07. The van der Waals surface area contributed by atoms with Crippen molar-refractivity contribution in [3.05, 3.63) is 47.5 Å². The molecule has 0 aliphatic carbocycles. The number of benzene rings is 1. The van der Waals surface area contributed by atoms with E-state index >= 15 is 0 Å². The number of rotatable bonds is 4. The maximum Gasteiger partial charge on any atom is 0.358 e. The standard InChI is InChI=1S/C14H11N3O3S/c1-20-10-5-2-4-9(8-10)17-13(11-6-3-7-21-11)12(14(18)19)15-16-17/h2-8H,1H3,(H,18,19). The van der Waals surface area contributed by atoms with Crippen LogP contribution < -0.4 is 4.74 Å². The number of aromatic nitrogens is 3. The molecule has 106 valence electrons. The first kappa shape index (κ1) is 13.3. The molecule has 0 radical (unpaired) electrons. The lowest BCUT2D eigenvalue weighted by atomic mass is 10.2. The number of carboxylic acids is 1. The Labute approximate surface area is 124 Å². The van der Waals surface area contributed by atoms with E-state index in [4.69, 9.17) is 4.74 Å². The summed E-state index contributed by atoms with van der Waals surface area (Å²) in [7, 11) is 1.57. The van der Waals surface area contributed by atoms with Crippen LogP contribution in [0.4, 0.5) is 0 Å². The van der Waals surface area contributed by atoms with E-state index in [1.54, 1.807) is 13.2 Å². The molecule has 21 heavy (non-hydrogen) atoms. The summed E-state index contributed by atoms with van der Waals surface area (Å²) in [6, 6.07) is 10.9. The third-order valence-electron chi connectivity index (χ3n) is 2.93. The predicted molar refractivity (Wildman–Crippen MR) is 78.2 cm³/mol. The molecule has 0 saturated heterocycles. The lowest BCUT2D eigenvalue weighted by Crippen LogP contribution is -2.02. The van der Waals surface area contributed by atoms with E-state index < -0.39 is 5.97 Å². The molecule has 0 amide bonds. The van der Waals surface area contributed by atoms with Crippen molar-refractivity contribution < 1.29 is 14.6 Å². The average Bonchev–Trinajstić information content (AvgIpc) is 3.15. The highest BCUT2D eigenvalue weighted by molar-refractivity contribution is 7.13. The van der Waals surface area contributed by atoms with E-state index in [-0.39, 0.29) is 5.69 Å². The Kier molecular flexibility index (Phi) is 3.41. The number of nitrogens with zero attached hydrogens (tertiary/aromatic N) is 3. The Morgan fingerprint density at radius 3 is 2.86 bits per heavy atom. The van der Waals surface area contributed by atoms with Gasteiger partial charge in [-0.15, -0.1) is 16.4 Å². The molecule has 0 unspecified atom stereocenters. The zero-order chi connectivity index (χ0) is 14.8. The largest absolute Gasteiger partial charge is 0.497 e. The quantitative estimate of drug-likeness (QED) is 0.801. The molecule has 2 heterocycles. The Bertz CT molecular complexity index is 781. The van der Waals surface area contributed by atoms with Crippen molar-refractivity contribution in [1.82, 2.24) is 15.0 Å². The minimum Gasteiger partial charge on any atom is -0.497 e. The van der Waals surface area contributed by atoms with Crippen LogP contribution in [0.3, 0.4) is 0 Å². The van der Waals surface area contributed by atoms with Crippen LogP contribution in [-0.4, -0.2) is 33.2 Å². The van der Waals surface area contributed by atoms with Crippen LogP contribution in [0.5, 0.6) is 5.75 Å². The first-order chi connectivity index (χ1) is 10.2. The summed E-state index contributed by atoms with van der Waals surface area (Å²) in [6.07, 6.45) is 0. The number of aromatic carboxylic acids is 1. The first-order valence-electron chi connectivity index (χ1n) is 6.08. The minimum atomic E-state index is -1.10. The van der Waals surface area contributed by atoms with Gasteiger partial charge in [0.2, 0.25) is 0 Å². The van der Waals surface area contributed by atoms with Crippen molar-refractivity contribution in [3.63, 3.8) is 0 Å². The summed E-state index contributed by atoms with van der Waals surface area (Å²) in [4.78, 5) is 12.1. The summed E-state index contributed by atoms with van der Waals surface area (Å²) in [6.45, 7) is 0. The zero-order valence-corrected chi connectivity index (χ0v) is 11.9. The molecule has 0 saturated carbocycles. The zero-order valence-electron chi connectivity index (χ0n) is 11.1. The Morgan fingerprint density at radius 2 is 2.19 bits per heavy atom. The smallest absolute Gasteiger partial charge is 0.358 e. The van der Waals surface area contributed by atoms with Gasteiger partial charge < -0.3 is 9.84 Å². The van der Waals surface area contributed by atoms with Gasteiger partial charge in [0.25, 0.3) is 0 Å². The molecule has 1 aromatic carbocycles. The van der Waals surface area contributed by atoms with Crippen molar-refractivity contribution in [2.45, 2.75) is 0 Å². The van der Waals surface area contributed by atoms with Gasteiger partial charge in [0.05, 0.1) is 17.7 Å². The van der Waals surface area contributed by atoms with Crippen LogP contribution in [-0.2, 0) is 0 Å². The van der Waals surface area contributed by atoms with Gasteiger partial charge in [-0.25, -0.2) is 9.48 Å². The van der Waals surface area contributed by atoms with Crippen molar-refractivity contribution in [3.8, 4) is 22.0 Å². The highest BCUT2D eigenvalue weighted by Gasteiger charge is 2.22. The van der Waals surface area contributed by atoms with Gasteiger partial charge in [-0.1, -0.05) is 17.3 Å². The van der Waals surface area contributed by atoms with E-state index in [1.807, 2.05) is 35.7 Å². The van der Waals surface area contributed by atoms with Crippen LogP contribution in [0.25, 0.3) is 16.3 Å². The molecule has 6 nitrogen and oxygen atoms in total. The number of hydrogen-bond donors (Lipinski definition) is 1. The van der Waals surface area contributed by atoms with Crippen LogP contribution in [0.2, 0.25) is 0 Å². The monoisotopic (exact) mass is 301 g/mol. The van der Waals surface area contributed by atoms with Crippen LogP contribution in [0, 0.1) is 0 Å². The Morgan fingerprint density at radius 1 is 1.33 bits per heavy atom. The molecule has 0 atom stereocenters. The number of thiophene rings is 1. The van der Waals surface area contributed by atoms with Gasteiger partial charge in [0.15, 0.2) is 5.69 Å². The maximum atomic E-state index is 11.3. The molecule has 0 spiro atoms. The topological polar surface area (TPSA) is 77.2 Å². The molecule has 7 heteroatoms. The minimum absolute atomic E-state index is 0.0692. The van der Waals surface area contributed by atoms with E-state index in [0.29, 0.717) is 17.1 Å². The van der Waals surface area contributed by atoms with E-state index in [1.165, 1.54) is 16.0 Å². The van der Waals surface area contributed by atoms with Crippen molar-refractivity contribution >= 4 is 17.3 Å². The lowest BCUT2D eigenvalue weighted by molar-refractivity contribution is 0.0691. The number of carbonyl (C=O) groups is 1. The highest BCUT2D eigenvalue weighted by Crippen LogP contribution is 2.30. The van der Waals surface area contributed by atoms with Gasteiger partial charge in [-0.2, -0.15) is 0 Å². The van der Waals surface area contributed by atoms with Gasteiger partial charge in [0, 0.05) is 6.07 Å². The third kappa shape index (κ3) is 2.38. The second-order valence-corrected chi connectivity index (χ2v) is 5.13. The fourth-order valence-electron chi connectivity index (χ4n) is 1.98. The summed E-state index contributed by atoms with van der Waals surface area (Å²) in [5, 5.41) is 18.9. The predicted octanol–water partition coefficient (Wildman–Crippen LogP) is 2.70. The number of carboxylic acid groups (broad SMARTS) is 1. The second kappa shape index (κ2) is 5.37. The van der Waals surface area contributed by atoms with E-state index in [9.17, 15) is 9.90 Å². The average molecular weight is 301 g/mol. The van der Waals surface area contributed by atoms with Gasteiger partial charge in [-0.05, 0) is 23.6 Å². The molecule has 2 aromatic heterocycles. The van der Waals surface area contributed by atoms with Gasteiger partial charge >= 0.3 is 5.97 Å². The molecule has 0 aliphatic heterocycles. The summed E-state index contributed by atoms with van der Waals surface area (Å²) in [5.41, 5.74) is 1.09. The molecular weight excluding hydrogens is 290 g/mol. The molecule has 3 aromatic rings. The number of methoxy groups -OCH3 is 1. The van der Waals surface area contributed by atoms with Crippen LogP contribution >= 0.6 is 11.3 Å². The Balaban J connectivity index is 2.21. The van der Waals surface area contributed by atoms with Crippen LogP contribution in [0.15, 0.2) is 41.8 Å². The summed E-state index contributed by atoms with van der Waals surface area (Å²) in [5.74, 6) is -0.440. The second-order valence-electron chi connectivity index (χ2n) is 4.18. The summed E-state index contributed by atoms with van der Waals surface area (Å²) >= 11 is 1.44. The van der Waals surface area contributed by atoms with Gasteiger partial charge in [-0.3, -0.25) is 0 Å². The third-order valence-corrected chi connectivity index (χ3v) is 3.80. The van der Waals surface area contributed by atoms with Crippen molar-refractivity contribution in [2.75, 3.05) is 7.11 Å².